The first kappa shape index (κ1) is 19.3. The molecular weight excluding hydrogens is 368 g/mol. The fraction of sp³-hybridized carbons (Fsp3) is 0. The van der Waals surface area contributed by atoms with Crippen molar-refractivity contribution in [1.82, 2.24) is 0 Å². The molecule has 6 aromatic rings. The summed E-state index contributed by atoms with van der Waals surface area (Å²) < 4.78 is 0. The molecule has 0 saturated heterocycles. The van der Waals surface area contributed by atoms with E-state index in [9.17, 15) is 0 Å². The molecule has 0 aliphatic heterocycles. The third-order valence-corrected chi connectivity index (χ3v) is 4.91. The van der Waals surface area contributed by atoms with Crippen LogP contribution >= 0.6 is 0 Å². The van der Waals surface area contributed by atoms with Crippen LogP contribution in [0.1, 0.15) is 0 Å². The van der Waals surface area contributed by atoms with E-state index in [1.54, 1.807) is 48.5 Å². The second-order valence-electron chi connectivity index (χ2n) is 6.96. The number of aromatic hydroxyl groups is 2. The average Bonchev–Trinajstić information content (AvgIpc) is 2.80. The molecular formula is C28H22O2. The maximum atomic E-state index is 8.63. The number of benzene rings is 6. The standard InChI is InChI=1S/C16H10.2C6H6O/c1-3-11-7-9-13-5-2-6-14-10-8-12(4-1)15(11)16(13)14;2*7-6-4-2-1-3-5-6/h1-10H;2*1-5,7H. The molecule has 0 heterocycles. The average molecular weight is 390 g/mol. The lowest BCUT2D eigenvalue weighted by Gasteiger charge is -2.09. The van der Waals surface area contributed by atoms with Gasteiger partial charge in [0.2, 0.25) is 0 Å². The minimum absolute atomic E-state index is 0.322. The van der Waals surface area contributed by atoms with Crippen molar-refractivity contribution < 1.29 is 10.2 Å². The van der Waals surface area contributed by atoms with E-state index in [2.05, 4.69) is 60.7 Å². The molecule has 0 atom stereocenters. The minimum Gasteiger partial charge on any atom is -0.508 e. The van der Waals surface area contributed by atoms with Gasteiger partial charge < -0.3 is 10.2 Å². The van der Waals surface area contributed by atoms with Crippen molar-refractivity contribution in [2.75, 3.05) is 0 Å². The van der Waals surface area contributed by atoms with Gasteiger partial charge in [0, 0.05) is 0 Å². The molecule has 6 aromatic carbocycles. The maximum Gasteiger partial charge on any atom is 0.115 e. The van der Waals surface area contributed by atoms with Crippen LogP contribution < -0.4 is 0 Å². The van der Waals surface area contributed by atoms with Gasteiger partial charge in [-0.25, -0.2) is 0 Å². The molecule has 0 aromatic heterocycles. The third kappa shape index (κ3) is 4.34. The van der Waals surface area contributed by atoms with Gasteiger partial charge in [-0.15, -0.1) is 0 Å². The van der Waals surface area contributed by atoms with Crippen LogP contribution in [0.5, 0.6) is 11.5 Å². The number of rotatable bonds is 0. The second kappa shape index (κ2) is 8.97. The van der Waals surface area contributed by atoms with Crippen LogP contribution in [0.15, 0.2) is 121 Å². The Hall–Kier alpha value is -4.04. The number of hydrogen-bond donors (Lipinski definition) is 2. The molecule has 30 heavy (non-hydrogen) atoms. The summed E-state index contributed by atoms with van der Waals surface area (Å²) in [5.41, 5.74) is 0. The van der Waals surface area contributed by atoms with E-state index in [1.807, 2.05) is 12.1 Å². The summed E-state index contributed by atoms with van der Waals surface area (Å²) in [7, 11) is 0. The Balaban J connectivity index is 0.000000130. The van der Waals surface area contributed by atoms with Crippen LogP contribution in [-0.4, -0.2) is 10.2 Å². The molecule has 2 heteroatoms. The zero-order chi connectivity index (χ0) is 20.8. The predicted octanol–water partition coefficient (Wildman–Crippen LogP) is 7.37. The molecule has 0 amide bonds. The van der Waals surface area contributed by atoms with Gasteiger partial charge in [-0.3, -0.25) is 0 Å². The Bertz CT molecular complexity index is 1180. The smallest absolute Gasteiger partial charge is 0.115 e. The Morgan fingerprint density at radius 2 is 0.600 bits per heavy atom. The van der Waals surface area contributed by atoms with Crippen molar-refractivity contribution in [3.05, 3.63) is 121 Å². The lowest BCUT2D eigenvalue weighted by molar-refractivity contribution is 0.475. The zero-order valence-electron chi connectivity index (χ0n) is 16.4. The van der Waals surface area contributed by atoms with Crippen LogP contribution in [0, 0.1) is 0 Å². The van der Waals surface area contributed by atoms with Gasteiger partial charge >= 0.3 is 0 Å². The summed E-state index contributed by atoms with van der Waals surface area (Å²) in [6, 6.07) is 39.3. The van der Waals surface area contributed by atoms with E-state index in [-0.39, 0.29) is 0 Å². The van der Waals surface area contributed by atoms with Crippen LogP contribution in [0.2, 0.25) is 0 Å². The highest BCUT2D eigenvalue weighted by atomic mass is 16.3. The quantitative estimate of drug-likeness (QED) is 0.266. The van der Waals surface area contributed by atoms with Crippen molar-refractivity contribution in [3.8, 4) is 11.5 Å². The molecule has 0 aliphatic carbocycles. The number of para-hydroxylation sites is 2. The Labute approximate surface area is 175 Å². The van der Waals surface area contributed by atoms with Crippen molar-refractivity contribution in [1.29, 1.82) is 0 Å². The summed E-state index contributed by atoms with van der Waals surface area (Å²) in [5, 5.41) is 25.4. The molecule has 0 aliphatic rings. The molecule has 0 bridgehead atoms. The molecule has 6 rings (SSSR count). The van der Waals surface area contributed by atoms with Gasteiger partial charge in [-0.05, 0) is 56.6 Å². The third-order valence-electron chi connectivity index (χ3n) is 4.91. The van der Waals surface area contributed by atoms with Gasteiger partial charge in [0.25, 0.3) is 0 Å². The largest absolute Gasteiger partial charge is 0.508 e. The maximum absolute atomic E-state index is 8.63. The van der Waals surface area contributed by atoms with Gasteiger partial charge in [-0.1, -0.05) is 97.1 Å². The zero-order valence-corrected chi connectivity index (χ0v) is 16.4. The predicted molar refractivity (Wildman–Crippen MR) is 126 cm³/mol. The fourth-order valence-electron chi connectivity index (χ4n) is 3.53. The summed E-state index contributed by atoms with van der Waals surface area (Å²) in [6.45, 7) is 0. The van der Waals surface area contributed by atoms with Gasteiger partial charge in [0.1, 0.15) is 11.5 Å². The normalized spacial score (nSPS) is 10.3. The molecule has 0 fully saturated rings. The SMILES string of the molecule is Oc1ccccc1.Oc1ccccc1.c1cc2ccc3cccc4ccc(c1)c2c34. The first-order valence-corrected chi connectivity index (χ1v) is 9.83. The first-order valence-electron chi connectivity index (χ1n) is 9.83. The highest BCUT2D eigenvalue weighted by Gasteiger charge is 2.05. The van der Waals surface area contributed by atoms with E-state index in [0.29, 0.717) is 11.5 Å². The monoisotopic (exact) mass is 390 g/mol. The lowest BCUT2D eigenvalue weighted by atomic mass is 9.95. The Kier molecular flexibility index (Phi) is 5.77. The molecule has 0 radical (unpaired) electrons. The van der Waals surface area contributed by atoms with Crippen LogP contribution in [0.25, 0.3) is 32.3 Å². The number of phenols is 2. The van der Waals surface area contributed by atoms with Crippen LogP contribution in [0.3, 0.4) is 0 Å². The summed E-state index contributed by atoms with van der Waals surface area (Å²) >= 11 is 0. The highest BCUT2D eigenvalue weighted by Crippen LogP contribution is 2.33. The summed E-state index contributed by atoms with van der Waals surface area (Å²) in [5.74, 6) is 0.644. The summed E-state index contributed by atoms with van der Waals surface area (Å²) in [4.78, 5) is 0. The van der Waals surface area contributed by atoms with E-state index in [4.69, 9.17) is 10.2 Å². The Morgan fingerprint density at radius 1 is 0.300 bits per heavy atom. The molecule has 0 spiro atoms. The van der Waals surface area contributed by atoms with Gasteiger partial charge in [-0.2, -0.15) is 0 Å². The van der Waals surface area contributed by atoms with Gasteiger partial charge in [0.15, 0.2) is 0 Å². The first-order chi connectivity index (χ1) is 14.7. The van der Waals surface area contributed by atoms with Crippen LogP contribution in [0.4, 0.5) is 0 Å². The molecule has 0 unspecified atom stereocenters. The van der Waals surface area contributed by atoms with Crippen LogP contribution in [-0.2, 0) is 0 Å². The number of phenolic OH excluding ortho intramolecular Hbond substituents is 2. The van der Waals surface area contributed by atoms with E-state index < -0.39 is 0 Å². The lowest BCUT2D eigenvalue weighted by Crippen LogP contribution is -1.82. The van der Waals surface area contributed by atoms with Crippen molar-refractivity contribution in [2.45, 2.75) is 0 Å². The Morgan fingerprint density at radius 3 is 0.833 bits per heavy atom. The molecule has 2 N–H and O–H groups in total. The number of hydrogen-bond acceptors (Lipinski definition) is 2. The van der Waals surface area contributed by atoms with E-state index in [1.165, 1.54) is 32.3 Å². The van der Waals surface area contributed by atoms with E-state index in [0.717, 1.165) is 0 Å². The minimum atomic E-state index is 0.322. The van der Waals surface area contributed by atoms with Gasteiger partial charge in [0.05, 0.1) is 0 Å². The fourth-order valence-corrected chi connectivity index (χ4v) is 3.53. The highest BCUT2D eigenvalue weighted by molar-refractivity contribution is 6.22. The van der Waals surface area contributed by atoms with Crippen molar-refractivity contribution in [3.63, 3.8) is 0 Å². The molecule has 0 saturated carbocycles. The molecule has 2 nitrogen and oxygen atoms in total. The molecule has 146 valence electrons. The second-order valence-corrected chi connectivity index (χ2v) is 6.96. The summed E-state index contributed by atoms with van der Waals surface area (Å²) in [6.07, 6.45) is 0. The van der Waals surface area contributed by atoms with Crippen molar-refractivity contribution in [2.24, 2.45) is 0 Å². The van der Waals surface area contributed by atoms with E-state index >= 15 is 0 Å². The van der Waals surface area contributed by atoms with Crippen molar-refractivity contribution >= 4 is 32.3 Å². The topological polar surface area (TPSA) is 40.5 Å².